The van der Waals surface area contributed by atoms with Crippen LogP contribution in [0.15, 0.2) is 12.7 Å². The predicted molar refractivity (Wildman–Crippen MR) is 55.7 cm³/mol. The van der Waals surface area contributed by atoms with E-state index in [2.05, 4.69) is 36.7 Å². The van der Waals surface area contributed by atoms with E-state index in [1.807, 2.05) is 0 Å². The Kier molecular flexibility index (Phi) is 2.43. The van der Waals surface area contributed by atoms with E-state index in [1.165, 1.54) is 19.6 Å². The van der Waals surface area contributed by atoms with Crippen LogP contribution in [-0.2, 0) is 0 Å². The number of hydrogen-bond acceptors (Lipinski definition) is 2. The van der Waals surface area contributed by atoms with Gasteiger partial charge in [-0.1, -0.05) is 6.08 Å². The minimum absolute atomic E-state index is 0.542. The van der Waals surface area contributed by atoms with Gasteiger partial charge in [0, 0.05) is 18.6 Å². The minimum Gasteiger partial charge on any atom is -0.316 e. The molecule has 2 fully saturated rings. The van der Waals surface area contributed by atoms with E-state index in [0.29, 0.717) is 6.04 Å². The first-order chi connectivity index (χ1) is 6.24. The van der Waals surface area contributed by atoms with Gasteiger partial charge in [-0.05, 0) is 38.8 Å². The Morgan fingerprint density at radius 2 is 2.31 bits per heavy atom. The zero-order chi connectivity index (χ0) is 9.42. The lowest BCUT2D eigenvalue weighted by atomic mass is 9.95. The summed E-state index contributed by atoms with van der Waals surface area (Å²) < 4.78 is 0. The molecule has 2 rings (SSSR count). The maximum absolute atomic E-state index is 3.88. The fourth-order valence-corrected chi connectivity index (χ4v) is 2.87. The molecule has 0 spiro atoms. The van der Waals surface area contributed by atoms with Gasteiger partial charge in [0.1, 0.15) is 0 Å². The van der Waals surface area contributed by atoms with E-state index in [-0.39, 0.29) is 0 Å². The van der Waals surface area contributed by atoms with Crippen molar-refractivity contribution in [3.8, 4) is 0 Å². The third kappa shape index (κ3) is 1.42. The molecule has 1 N–H and O–H groups in total. The number of nitrogens with one attached hydrogen (secondary N) is 1. The number of likely N-dealkylation sites (tertiary alicyclic amines) is 1. The summed E-state index contributed by atoms with van der Waals surface area (Å²) in [6.07, 6.45) is 2.06. The van der Waals surface area contributed by atoms with E-state index in [0.717, 1.165) is 17.9 Å². The van der Waals surface area contributed by atoms with Crippen molar-refractivity contribution >= 4 is 0 Å². The first-order valence-electron chi connectivity index (χ1n) is 5.33. The monoisotopic (exact) mass is 180 g/mol. The van der Waals surface area contributed by atoms with Crippen molar-refractivity contribution in [2.45, 2.75) is 25.9 Å². The molecule has 2 heteroatoms. The Labute approximate surface area is 81.0 Å². The number of rotatable bonds is 2. The van der Waals surface area contributed by atoms with Crippen LogP contribution in [0.3, 0.4) is 0 Å². The molecular weight excluding hydrogens is 160 g/mol. The van der Waals surface area contributed by atoms with Crippen LogP contribution in [0.5, 0.6) is 0 Å². The van der Waals surface area contributed by atoms with E-state index < -0.39 is 0 Å². The molecule has 0 amide bonds. The molecule has 2 aliphatic rings. The maximum Gasteiger partial charge on any atom is 0.0250 e. The highest BCUT2D eigenvalue weighted by Crippen LogP contribution is 2.33. The predicted octanol–water partition coefficient (Wildman–Crippen LogP) is 1.10. The van der Waals surface area contributed by atoms with E-state index in [1.54, 1.807) is 0 Å². The third-order valence-corrected chi connectivity index (χ3v) is 3.84. The van der Waals surface area contributed by atoms with Gasteiger partial charge in [0.15, 0.2) is 0 Å². The number of nitrogens with zero attached hydrogens (tertiary/aromatic N) is 1. The summed E-state index contributed by atoms with van der Waals surface area (Å²) in [6.45, 7) is 12.2. The molecule has 2 saturated heterocycles. The first kappa shape index (κ1) is 9.22. The van der Waals surface area contributed by atoms with Crippen molar-refractivity contribution in [1.29, 1.82) is 0 Å². The molecule has 4 unspecified atom stereocenters. The van der Waals surface area contributed by atoms with Crippen molar-refractivity contribution in [3.63, 3.8) is 0 Å². The van der Waals surface area contributed by atoms with E-state index in [4.69, 9.17) is 0 Å². The quantitative estimate of drug-likeness (QED) is 0.640. The van der Waals surface area contributed by atoms with Crippen LogP contribution in [0.2, 0.25) is 0 Å². The molecular formula is C11H20N2. The van der Waals surface area contributed by atoms with Crippen LogP contribution in [0.4, 0.5) is 0 Å². The summed E-state index contributed by atoms with van der Waals surface area (Å²) in [5.74, 6) is 1.76. The van der Waals surface area contributed by atoms with Crippen LogP contribution in [-0.4, -0.2) is 36.6 Å². The van der Waals surface area contributed by atoms with Gasteiger partial charge in [-0.15, -0.1) is 6.58 Å². The molecule has 2 aliphatic heterocycles. The Morgan fingerprint density at radius 1 is 1.54 bits per heavy atom. The van der Waals surface area contributed by atoms with Crippen LogP contribution < -0.4 is 5.32 Å². The van der Waals surface area contributed by atoms with Crippen molar-refractivity contribution < 1.29 is 0 Å². The fourth-order valence-electron chi connectivity index (χ4n) is 2.87. The molecule has 0 radical (unpaired) electrons. The summed E-state index contributed by atoms with van der Waals surface area (Å²) in [6, 6.07) is 1.27. The molecule has 2 nitrogen and oxygen atoms in total. The maximum atomic E-state index is 3.88. The van der Waals surface area contributed by atoms with Crippen LogP contribution in [0.1, 0.15) is 13.8 Å². The van der Waals surface area contributed by atoms with E-state index in [9.17, 15) is 0 Å². The van der Waals surface area contributed by atoms with Crippen LogP contribution in [0, 0.1) is 11.8 Å². The summed E-state index contributed by atoms with van der Waals surface area (Å²) in [5, 5.41) is 3.48. The summed E-state index contributed by atoms with van der Waals surface area (Å²) in [7, 11) is 0. The van der Waals surface area contributed by atoms with Gasteiger partial charge >= 0.3 is 0 Å². The zero-order valence-electron chi connectivity index (χ0n) is 8.66. The third-order valence-electron chi connectivity index (χ3n) is 3.84. The SMILES string of the molecule is C=CC(C)N1CC2CNCC2C1C. The summed E-state index contributed by atoms with van der Waals surface area (Å²) in [4.78, 5) is 2.59. The van der Waals surface area contributed by atoms with Gasteiger partial charge < -0.3 is 5.32 Å². The second-order valence-electron chi connectivity index (χ2n) is 4.50. The molecule has 0 bridgehead atoms. The van der Waals surface area contributed by atoms with Crippen molar-refractivity contribution in [1.82, 2.24) is 10.2 Å². The van der Waals surface area contributed by atoms with Gasteiger partial charge in [0.25, 0.3) is 0 Å². The second-order valence-corrected chi connectivity index (χ2v) is 4.50. The normalized spacial score (nSPS) is 41.8. The molecule has 2 heterocycles. The largest absolute Gasteiger partial charge is 0.316 e. The Bertz CT molecular complexity index is 202. The summed E-state index contributed by atoms with van der Waals surface area (Å²) >= 11 is 0. The van der Waals surface area contributed by atoms with Crippen molar-refractivity contribution in [3.05, 3.63) is 12.7 Å². The van der Waals surface area contributed by atoms with Crippen molar-refractivity contribution in [2.24, 2.45) is 11.8 Å². The lowest BCUT2D eigenvalue weighted by Gasteiger charge is -2.28. The molecule has 0 aromatic carbocycles. The highest BCUT2D eigenvalue weighted by Gasteiger charge is 2.42. The van der Waals surface area contributed by atoms with Gasteiger partial charge in [-0.2, -0.15) is 0 Å². The van der Waals surface area contributed by atoms with E-state index >= 15 is 0 Å². The summed E-state index contributed by atoms with van der Waals surface area (Å²) in [5.41, 5.74) is 0. The lowest BCUT2D eigenvalue weighted by Crippen LogP contribution is -2.38. The lowest BCUT2D eigenvalue weighted by molar-refractivity contribution is 0.210. The fraction of sp³-hybridized carbons (Fsp3) is 0.818. The Hall–Kier alpha value is -0.340. The Morgan fingerprint density at radius 3 is 2.92 bits per heavy atom. The van der Waals surface area contributed by atoms with Crippen LogP contribution >= 0.6 is 0 Å². The standard InChI is InChI=1S/C11H20N2/c1-4-8(2)13-7-10-5-12-6-11(10)9(13)3/h4,8-12H,1,5-7H2,2-3H3. The van der Waals surface area contributed by atoms with Gasteiger partial charge in [-0.25, -0.2) is 0 Å². The molecule has 4 atom stereocenters. The molecule has 74 valence electrons. The molecule has 0 aromatic heterocycles. The average Bonchev–Trinajstić information content (AvgIpc) is 2.68. The topological polar surface area (TPSA) is 15.3 Å². The zero-order valence-corrected chi connectivity index (χ0v) is 8.66. The molecule has 0 aliphatic carbocycles. The molecule has 0 saturated carbocycles. The smallest absolute Gasteiger partial charge is 0.0250 e. The second kappa shape index (κ2) is 3.43. The van der Waals surface area contributed by atoms with Gasteiger partial charge in [-0.3, -0.25) is 4.90 Å². The Balaban J connectivity index is 2.05. The van der Waals surface area contributed by atoms with Gasteiger partial charge in [0.2, 0.25) is 0 Å². The van der Waals surface area contributed by atoms with Crippen LogP contribution in [0.25, 0.3) is 0 Å². The minimum atomic E-state index is 0.542. The highest BCUT2D eigenvalue weighted by atomic mass is 15.2. The molecule has 0 aromatic rings. The molecule has 13 heavy (non-hydrogen) atoms. The number of hydrogen-bond donors (Lipinski definition) is 1. The van der Waals surface area contributed by atoms with Gasteiger partial charge in [0.05, 0.1) is 0 Å². The number of fused-ring (bicyclic) bond motifs is 1. The van der Waals surface area contributed by atoms with Crippen molar-refractivity contribution in [2.75, 3.05) is 19.6 Å². The first-order valence-corrected chi connectivity index (χ1v) is 5.33. The average molecular weight is 180 g/mol. The highest BCUT2D eigenvalue weighted by molar-refractivity contribution is 5.00.